The largest absolute Gasteiger partial charge is 0.378 e. The minimum atomic E-state index is -6.10. The zero-order valence-electron chi connectivity index (χ0n) is 8.71. The Morgan fingerprint density at radius 1 is 0.889 bits per heavy atom. The fourth-order valence-electron chi connectivity index (χ4n) is 2.31. The molecule has 1 heterocycles. The number of halogens is 8. The van der Waals surface area contributed by atoms with Crippen molar-refractivity contribution in [3.8, 4) is 0 Å². The standard InChI is InChI=1S/C9H8F8O/c10-5-6(11,4-2-1-3-18-4)8(14,15)9(16,17)7(5,12)13/h4-5H,1-3H2. The molecule has 1 nitrogen and oxygen atoms in total. The Labute approximate surface area is 96.1 Å². The van der Waals surface area contributed by atoms with Gasteiger partial charge in [0.2, 0.25) is 11.8 Å². The van der Waals surface area contributed by atoms with Crippen LogP contribution in [0.15, 0.2) is 0 Å². The van der Waals surface area contributed by atoms with Gasteiger partial charge in [0.1, 0.15) is 6.10 Å². The molecule has 3 unspecified atom stereocenters. The molecule has 1 saturated heterocycles. The van der Waals surface area contributed by atoms with Crippen LogP contribution in [0, 0.1) is 0 Å². The van der Waals surface area contributed by atoms with E-state index in [9.17, 15) is 35.1 Å². The molecule has 2 rings (SSSR count). The molecule has 9 heteroatoms. The Morgan fingerprint density at radius 3 is 1.78 bits per heavy atom. The molecule has 0 aromatic heterocycles. The molecule has 0 aromatic rings. The molecule has 0 radical (unpaired) electrons. The van der Waals surface area contributed by atoms with E-state index in [4.69, 9.17) is 0 Å². The summed E-state index contributed by atoms with van der Waals surface area (Å²) >= 11 is 0. The zero-order chi connectivity index (χ0) is 14.0. The lowest BCUT2D eigenvalue weighted by Gasteiger charge is -2.32. The monoisotopic (exact) mass is 284 g/mol. The van der Waals surface area contributed by atoms with Crippen molar-refractivity contribution in [2.75, 3.05) is 6.61 Å². The van der Waals surface area contributed by atoms with E-state index >= 15 is 0 Å². The Balaban J connectivity index is 2.54. The van der Waals surface area contributed by atoms with Gasteiger partial charge in [-0.3, -0.25) is 0 Å². The number of alkyl halides is 8. The van der Waals surface area contributed by atoms with E-state index in [2.05, 4.69) is 4.74 Å². The molecule has 1 aliphatic carbocycles. The first-order valence-electron chi connectivity index (χ1n) is 5.09. The van der Waals surface area contributed by atoms with Crippen molar-refractivity contribution in [1.29, 1.82) is 0 Å². The molecule has 0 aromatic carbocycles. The lowest BCUT2D eigenvalue weighted by molar-refractivity contribution is -0.295. The van der Waals surface area contributed by atoms with Crippen LogP contribution in [0.4, 0.5) is 35.1 Å². The van der Waals surface area contributed by atoms with Gasteiger partial charge in [0.15, 0.2) is 0 Å². The Bertz CT molecular complexity index is 350. The first-order chi connectivity index (χ1) is 8.01. The number of hydrogen-bond acceptors (Lipinski definition) is 1. The minimum Gasteiger partial charge on any atom is -0.375 e. The van der Waals surface area contributed by atoms with Crippen LogP contribution < -0.4 is 0 Å². The molecule has 2 aliphatic rings. The summed E-state index contributed by atoms with van der Waals surface area (Å²) < 4.78 is 110. The quantitative estimate of drug-likeness (QED) is 0.672. The minimum absolute atomic E-state index is 0.0102. The van der Waals surface area contributed by atoms with Crippen LogP contribution in [0.25, 0.3) is 0 Å². The fraction of sp³-hybridized carbons (Fsp3) is 1.00. The van der Waals surface area contributed by atoms with Crippen LogP contribution >= 0.6 is 0 Å². The normalized spacial score (nSPS) is 45.3. The summed E-state index contributed by atoms with van der Waals surface area (Å²) in [6, 6.07) is 0. The molecule has 0 amide bonds. The topological polar surface area (TPSA) is 9.23 Å². The van der Waals surface area contributed by atoms with Crippen LogP contribution in [0.3, 0.4) is 0 Å². The summed E-state index contributed by atoms with van der Waals surface area (Å²) in [7, 11) is 0. The maximum atomic E-state index is 14.0. The molecule has 0 bridgehead atoms. The molecule has 18 heavy (non-hydrogen) atoms. The fourth-order valence-corrected chi connectivity index (χ4v) is 2.31. The van der Waals surface area contributed by atoms with Crippen molar-refractivity contribution in [3.05, 3.63) is 0 Å². The summed E-state index contributed by atoms with van der Waals surface area (Å²) in [5.41, 5.74) is -4.73. The Kier molecular flexibility index (Phi) is 2.68. The maximum absolute atomic E-state index is 14.0. The molecule has 0 N–H and O–H groups in total. The average Bonchev–Trinajstić information content (AvgIpc) is 2.81. The smallest absolute Gasteiger partial charge is 0.375 e. The lowest BCUT2D eigenvalue weighted by Crippen LogP contribution is -2.58. The highest BCUT2D eigenvalue weighted by molar-refractivity contribution is 5.25. The number of rotatable bonds is 1. The lowest BCUT2D eigenvalue weighted by atomic mass is 9.90. The van der Waals surface area contributed by atoms with Gasteiger partial charge >= 0.3 is 17.8 Å². The van der Waals surface area contributed by atoms with Gasteiger partial charge in [0, 0.05) is 6.61 Å². The molecular formula is C9H8F8O. The van der Waals surface area contributed by atoms with E-state index in [0.29, 0.717) is 0 Å². The van der Waals surface area contributed by atoms with Crippen LogP contribution in [0.5, 0.6) is 0 Å². The molecule has 3 atom stereocenters. The Morgan fingerprint density at radius 2 is 1.44 bits per heavy atom. The van der Waals surface area contributed by atoms with E-state index < -0.39 is 42.1 Å². The first-order valence-corrected chi connectivity index (χ1v) is 5.09. The van der Waals surface area contributed by atoms with Crippen LogP contribution in [0.2, 0.25) is 0 Å². The van der Waals surface area contributed by atoms with Crippen LogP contribution in [-0.4, -0.2) is 42.3 Å². The molecular weight excluding hydrogens is 276 g/mol. The van der Waals surface area contributed by atoms with Crippen molar-refractivity contribution >= 4 is 0 Å². The summed E-state index contributed by atoms with van der Waals surface area (Å²) in [4.78, 5) is 0. The van der Waals surface area contributed by atoms with Crippen LogP contribution in [-0.2, 0) is 4.74 Å². The van der Waals surface area contributed by atoms with E-state index in [1.54, 1.807) is 0 Å². The summed E-state index contributed by atoms with van der Waals surface area (Å²) in [5.74, 6) is -17.7. The van der Waals surface area contributed by atoms with Gasteiger partial charge in [0.25, 0.3) is 0 Å². The van der Waals surface area contributed by atoms with Crippen molar-refractivity contribution < 1.29 is 39.9 Å². The second kappa shape index (κ2) is 3.49. The SMILES string of the molecule is FC1C(F)(F)C(F)(F)C(F)(F)C1(F)C1CCCO1. The van der Waals surface area contributed by atoms with Gasteiger partial charge in [-0.1, -0.05) is 0 Å². The third-order valence-corrected chi connectivity index (χ3v) is 3.38. The zero-order valence-corrected chi connectivity index (χ0v) is 8.71. The van der Waals surface area contributed by atoms with Crippen LogP contribution in [0.1, 0.15) is 12.8 Å². The summed E-state index contributed by atoms with van der Waals surface area (Å²) in [6.07, 6.45) is -7.13. The van der Waals surface area contributed by atoms with E-state index in [0.717, 1.165) is 0 Å². The molecule has 2 fully saturated rings. The van der Waals surface area contributed by atoms with Gasteiger partial charge in [0.05, 0.1) is 0 Å². The molecule has 1 aliphatic heterocycles. The van der Waals surface area contributed by atoms with Crippen molar-refractivity contribution in [2.45, 2.75) is 48.6 Å². The molecule has 1 saturated carbocycles. The predicted molar refractivity (Wildman–Crippen MR) is 42.6 cm³/mol. The second-order valence-corrected chi connectivity index (χ2v) is 4.40. The van der Waals surface area contributed by atoms with Gasteiger partial charge in [-0.05, 0) is 12.8 Å². The highest BCUT2D eigenvalue weighted by atomic mass is 19.4. The third-order valence-electron chi connectivity index (χ3n) is 3.38. The maximum Gasteiger partial charge on any atom is 0.378 e. The van der Waals surface area contributed by atoms with E-state index in [1.165, 1.54) is 0 Å². The predicted octanol–water partition coefficient (Wildman–Crippen LogP) is 3.13. The molecule has 106 valence electrons. The summed E-state index contributed by atoms with van der Waals surface area (Å²) in [6.45, 7) is -0.268. The summed E-state index contributed by atoms with van der Waals surface area (Å²) in [5, 5.41) is 0. The van der Waals surface area contributed by atoms with Gasteiger partial charge in [-0.25, -0.2) is 8.78 Å². The van der Waals surface area contributed by atoms with Crippen molar-refractivity contribution in [2.24, 2.45) is 0 Å². The van der Waals surface area contributed by atoms with E-state index in [1.807, 2.05) is 0 Å². The van der Waals surface area contributed by atoms with Crippen molar-refractivity contribution in [3.63, 3.8) is 0 Å². The van der Waals surface area contributed by atoms with Gasteiger partial charge in [-0.15, -0.1) is 0 Å². The van der Waals surface area contributed by atoms with Gasteiger partial charge < -0.3 is 4.74 Å². The Hall–Kier alpha value is -0.600. The highest BCUT2D eigenvalue weighted by Gasteiger charge is 2.94. The van der Waals surface area contributed by atoms with Crippen molar-refractivity contribution in [1.82, 2.24) is 0 Å². The third kappa shape index (κ3) is 1.21. The first kappa shape index (κ1) is 13.8. The average molecular weight is 284 g/mol. The number of ether oxygens (including phenoxy) is 1. The second-order valence-electron chi connectivity index (χ2n) is 4.40. The number of hydrogen-bond donors (Lipinski definition) is 0. The van der Waals surface area contributed by atoms with E-state index in [-0.39, 0.29) is 13.0 Å². The van der Waals surface area contributed by atoms with Gasteiger partial charge in [-0.2, -0.15) is 26.3 Å². The highest BCUT2D eigenvalue weighted by Crippen LogP contribution is 2.65. The molecule has 0 spiro atoms.